The van der Waals surface area contributed by atoms with E-state index >= 15 is 0 Å². The number of halogens is 2. The summed E-state index contributed by atoms with van der Waals surface area (Å²) < 4.78 is 11.1. The zero-order chi connectivity index (χ0) is 5.86. The van der Waals surface area contributed by atoms with Gasteiger partial charge in [0.05, 0.1) is 4.92 Å². The van der Waals surface area contributed by atoms with Crippen LogP contribution < -0.4 is 0 Å². The molecule has 40 valence electrons. The van der Waals surface area contributed by atoms with Crippen LogP contribution >= 0.6 is 11.6 Å². The molecule has 0 fully saturated rings. The molecule has 0 aliphatic heterocycles. The molecule has 0 aliphatic rings. The third kappa shape index (κ3) is 5.36. The molecule has 0 aliphatic carbocycles. The molecule has 0 bridgehead atoms. The topological polar surface area (TPSA) is 43.1 Å². The van der Waals surface area contributed by atoms with Gasteiger partial charge in [0.2, 0.25) is 0 Å². The Kier molecular flexibility index (Phi) is 2.29. The molecule has 0 aromatic heterocycles. The van der Waals surface area contributed by atoms with Crippen LogP contribution in [0.3, 0.4) is 0 Å². The summed E-state index contributed by atoms with van der Waals surface area (Å²) >= 11 is 4.43. The Morgan fingerprint density at radius 2 is 2.43 bits per heavy atom. The van der Waals surface area contributed by atoms with E-state index in [0.717, 1.165) is 0 Å². The smallest absolute Gasteiger partial charge is 0.259 e. The number of hydrogen-bond donors (Lipinski definition) is 0. The van der Waals surface area contributed by atoms with Crippen LogP contribution in [0.2, 0.25) is 0 Å². The highest BCUT2D eigenvalue weighted by Gasteiger charge is 1.91. The maximum absolute atomic E-state index is 11.1. The van der Waals surface area contributed by atoms with E-state index < -0.39 is 10.2 Å². The van der Waals surface area contributed by atoms with Gasteiger partial charge in [0.25, 0.3) is 11.5 Å². The third-order valence-corrected chi connectivity index (χ3v) is 0.301. The van der Waals surface area contributed by atoms with Gasteiger partial charge in [-0.3, -0.25) is 10.1 Å². The third-order valence-electron chi connectivity index (χ3n) is 0.203. The Bertz CT molecular complexity index is 108. The van der Waals surface area contributed by atoms with Gasteiger partial charge in [0, 0.05) is 0 Å². The van der Waals surface area contributed by atoms with Crippen LogP contribution in [0.15, 0.2) is 11.5 Å². The molecule has 0 N–H and O–H groups in total. The van der Waals surface area contributed by atoms with Crippen molar-refractivity contribution in [2.75, 3.05) is 0 Å². The van der Waals surface area contributed by atoms with Crippen molar-refractivity contribution in [3.8, 4) is 0 Å². The second-order valence-electron chi connectivity index (χ2n) is 0.704. The molecule has 0 atom stereocenters. The van der Waals surface area contributed by atoms with Crippen LogP contribution in [0.5, 0.6) is 0 Å². The largest absolute Gasteiger partial charge is 0.281 e. The number of rotatable bonds is 1. The summed E-state index contributed by atoms with van der Waals surface area (Å²) in [6, 6.07) is 0. The summed E-state index contributed by atoms with van der Waals surface area (Å²) in [5.41, 5.74) is 0. The first-order valence-electron chi connectivity index (χ1n) is 1.29. The van der Waals surface area contributed by atoms with E-state index in [1.807, 2.05) is 0 Å². The second kappa shape index (κ2) is 2.52. The summed E-state index contributed by atoms with van der Waals surface area (Å²) in [6.07, 6.45) is 0.0710. The molecule has 0 rings (SSSR count). The van der Waals surface area contributed by atoms with E-state index in [-0.39, 0.29) is 6.20 Å². The number of hydrogen-bond acceptors (Lipinski definition) is 2. The highest BCUT2D eigenvalue weighted by atomic mass is 35.5. The minimum atomic E-state index is -1.31. The van der Waals surface area contributed by atoms with Crippen LogP contribution in [0.4, 0.5) is 4.39 Å². The Balaban J connectivity index is 3.68. The Hall–Kier alpha value is -0.640. The lowest BCUT2D eigenvalue weighted by atomic mass is 11.0. The average Bonchev–Trinajstić information content (AvgIpc) is 1.27. The van der Waals surface area contributed by atoms with E-state index in [4.69, 9.17) is 0 Å². The summed E-state index contributed by atoms with van der Waals surface area (Å²) in [7, 11) is 0. The van der Waals surface area contributed by atoms with E-state index in [2.05, 4.69) is 11.6 Å². The minimum absolute atomic E-state index is 0.0710. The van der Waals surface area contributed by atoms with Crippen LogP contribution in [0, 0.1) is 10.1 Å². The van der Waals surface area contributed by atoms with Gasteiger partial charge in [0.15, 0.2) is 0 Å². The highest BCUT2D eigenvalue weighted by molar-refractivity contribution is 6.27. The molecule has 0 saturated carbocycles. The van der Waals surface area contributed by atoms with Gasteiger partial charge in [-0.2, -0.15) is 4.39 Å². The van der Waals surface area contributed by atoms with Crippen molar-refractivity contribution in [1.29, 1.82) is 0 Å². The molecule has 3 nitrogen and oxygen atoms in total. The molecule has 0 saturated heterocycles. The van der Waals surface area contributed by atoms with Gasteiger partial charge in [-0.05, 0) is 11.6 Å². The van der Waals surface area contributed by atoms with Crippen molar-refractivity contribution in [2.45, 2.75) is 0 Å². The number of nitrogens with zero attached hydrogens (tertiary/aromatic N) is 1. The molecule has 0 unspecified atom stereocenters. The predicted octanol–water partition coefficient (Wildman–Crippen LogP) is 1.27. The molecule has 0 aromatic carbocycles. The Morgan fingerprint density at radius 1 is 2.00 bits per heavy atom. The monoisotopic (exact) mass is 125 g/mol. The summed E-state index contributed by atoms with van der Waals surface area (Å²) in [5.74, 6) is 0. The van der Waals surface area contributed by atoms with Crippen molar-refractivity contribution >= 4 is 11.6 Å². The standard InChI is InChI=1S/C2HClFNO2/c3-2(4)1-5(6)7/h1H/b2-1-. The molecule has 0 amide bonds. The van der Waals surface area contributed by atoms with Crippen molar-refractivity contribution < 1.29 is 9.31 Å². The lowest BCUT2D eigenvalue weighted by molar-refractivity contribution is -0.403. The first kappa shape index (κ1) is 6.36. The van der Waals surface area contributed by atoms with Crippen molar-refractivity contribution in [3.63, 3.8) is 0 Å². The van der Waals surface area contributed by atoms with Crippen molar-refractivity contribution in [1.82, 2.24) is 0 Å². The zero-order valence-corrected chi connectivity index (χ0v) is 3.85. The van der Waals surface area contributed by atoms with Crippen LogP contribution in [-0.2, 0) is 0 Å². The Morgan fingerprint density at radius 3 is 2.43 bits per heavy atom. The van der Waals surface area contributed by atoms with Crippen molar-refractivity contribution in [2.24, 2.45) is 0 Å². The lowest BCUT2D eigenvalue weighted by Gasteiger charge is -1.72. The first-order chi connectivity index (χ1) is 3.13. The maximum atomic E-state index is 11.1. The summed E-state index contributed by atoms with van der Waals surface area (Å²) in [6.45, 7) is 0. The molecule has 0 heterocycles. The maximum Gasteiger partial charge on any atom is 0.281 e. The molecule has 7 heavy (non-hydrogen) atoms. The minimum Gasteiger partial charge on any atom is -0.259 e. The quantitative estimate of drug-likeness (QED) is 0.391. The predicted molar refractivity (Wildman–Crippen MR) is 22.0 cm³/mol. The SMILES string of the molecule is O=[N+]([O-])/C=C(\F)Cl. The van der Waals surface area contributed by atoms with E-state index in [0.29, 0.717) is 0 Å². The Labute approximate surface area is 43.5 Å². The van der Waals surface area contributed by atoms with Gasteiger partial charge < -0.3 is 0 Å². The van der Waals surface area contributed by atoms with Crippen LogP contribution in [0.1, 0.15) is 0 Å². The highest BCUT2D eigenvalue weighted by Crippen LogP contribution is 1.99. The second-order valence-corrected chi connectivity index (χ2v) is 1.07. The van der Waals surface area contributed by atoms with E-state index in [9.17, 15) is 14.5 Å². The lowest BCUT2D eigenvalue weighted by Crippen LogP contribution is -1.81. The molecular formula is C2HClFNO2. The molecular weight excluding hydrogens is 124 g/mol. The van der Waals surface area contributed by atoms with Gasteiger partial charge in [-0.25, -0.2) is 0 Å². The molecule has 0 aromatic rings. The van der Waals surface area contributed by atoms with E-state index in [1.165, 1.54) is 0 Å². The average molecular weight is 125 g/mol. The normalized spacial score (nSPS) is 11.4. The van der Waals surface area contributed by atoms with E-state index in [1.54, 1.807) is 0 Å². The molecule has 5 heteroatoms. The summed E-state index contributed by atoms with van der Waals surface area (Å²) in [4.78, 5) is 8.24. The fraction of sp³-hybridized carbons (Fsp3) is 0. The first-order valence-corrected chi connectivity index (χ1v) is 1.67. The fourth-order valence-electron chi connectivity index (χ4n) is 0.0797. The van der Waals surface area contributed by atoms with Gasteiger partial charge in [0.1, 0.15) is 0 Å². The van der Waals surface area contributed by atoms with Gasteiger partial charge in [-0.1, -0.05) is 0 Å². The molecule has 0 spiro atoms. The van der Waals surface area contributed by atoms with Gasteiger partial charge in [-0.15, -0.1) is 0 Å². The molecule has 0 radical (unpaired) electrons. The van der Waals surface area contributed by atoms with Crippen LogP contribution in [0.25, 0.3) is 0 Å². The van der Waals surface area contributed by atoms with Crippen LogP contribution in [-0.4, -0.2) is 4.92 Å². The zero-order valence-electron chi connectivity index (χ0n) is 3.10. The summed E-state index contributed by atoms with van der Waals surface area (Å²) in [5, 5.41) is 7.90. The fourth-order valence-corrected chi connectivity index (χ4v) is 0.159. The van der Waals surface area contributed by atoms with Crippen molar-refractivity contribution in [3.05, 3.63) is 21.6 Å². The number of nitro groups is 1. The van der Waals surface area contributed by atoms with Gasteiger partial charge >= 0.3 is 0 Å².